The summed E-state index contributed by atoms with van der Waals surface area (Å²) < 4.78 is 7.49. The van der Waals surface area contributed by atoms with Gasteiger partial charge < -0.3 is 10.1 Å². The minimum atomic E-state index is -0.137. The quantitative estimate of drug-likeness (QED) is 0.520. The van der Waals surface area contributed by atoms with Gasteiger partial charge in [-0.15, -0.1) is 0 Å². The normalized spacial score (nSPS) is 10.9. The van der Waals surface area contributed by atoms with Crippen molar-refractivity contribution in [2.75, 3.05) is 7.11 Å². The fourth-order valence-corrected chi connectivity index (χ4v) is 3.83. The number of methoxy groups -OCH3 is 1. The number of carbonyl (C=O) groups excluding carboxylic acids is 1. The van der Waals surface area contributed by atoms with Gasteiger partial charge in [0.25, 0.3) is 5.91 Å². The van der Waals surface area contributed by atoms with Gasteiger partial charge in [-0.05, 0) is 56.7 Å². The molecule has 3 aromatic carbocycles. The number of nitrogens with one attached hydrogen (secondary N) is 1. The molecule has 4 aromatic rings. The van der Waals surface area contributed by atoms with Gasteiger partial charge in [0, 0.05) is 17.7 Å². The molecule has 5 heteroatoms. The molecular weight excluding hydrogens is 374 g/mol. The fraction of sp³-hybridized carbons (Fsp3) is 0.200. The summed E-state index contributed by atoms with van der Waals surface area (Å²) in [5.41, 5.74) is 6.84. The Morgan fingerprint density at radius 1 is 1.03 bits per heavy atom. The number of imidazole rings is 1. The third-order valence-electron chi connectivity index (χ3n) is 5.31. The number of rotatable bonds is 5. The first-order chi connectivity index (χ1) is 14.5. The number of aromatic nitrogens is 2. The second-order valence-electron chi connectivity index (χ2n) is 7.48. The second kappa shape index (κ2) is 8.03. The summed E-state index contributed by atoms with van der Waals surface area (Å²) in [6.07, 6.45) is 0. The maximum Gasteiger partial charge on any atom is 0.251 e. The van der Waals surface area contributed by atoms with Gasteiger partial charge in [-0.25, -0.2) is 4.98 Å². The molecule has 0 aliphatic rings. The van der Waals surface area contributed by atoms with Crippen molar-refractivity contribution in [3.63, 3.8) is 0 Å². The van der Waals surface area contributed by atoms with E-state index in [4.69, 9.17) is 9.72 Å². The van der Waals surface area contributed by atoms with Crippen molar-refractivity contribution in [3.8, 4) is 11.4 Å². The van der Waals surface area contributed by atoms with Crippen LogP contribution in [0.3, 0.4) is 0 Å². The van der Waals surface area contributed by atoms with Crippen LogP contribution in [0, 0.1) is 20.8 Å². The van der Waals surface area contributed by atoms with Crippen LogP contribution < -0.4 is 10.1 Å². The molecule has 0 bridgehead atoms. The number of benzene rings is 3. The maximum absolute atomic E-state index is 12.7. The molecule has 0 unspecified atom stereocenters. The highest BCUT2D eigenvalue weighted by Crippen LogP contribution is 2.25. The molecule has 1 heterocycles. The van der Waals surface area contributed by atoms with Gasteiger partial charge in [-0.3, -0.25) is 9.36 Å². The molecule has 0 radical (unpaired) electrons. The number of amides is 1. The van der Waals surface area contributed by atoms with Gasteiger partial charge in [0.2, 0.25) is 0 Å². The van der Waals surface area contributed by atoms with Crippen LogP contribution in [0.25, 0.3) is 16.7 Å². The lowest BCUT2D eigenvalue weighted by Crippen LogP contribution is -2.23. The average molecular weight is 399 g/mol. The van der Waals surface area contributed by atoms with Crippen molar-refractivity contribution in [1.82, 2.24) is 14.9 Å². The summed E-state index contributed by atoms with van der Waals surface area (Å²) >= 11 is 0. The van der Waals surface area contributed by atoms with Crippen LogP contribution in [0.15, 0.2) is 60.7 Å². The topological polar surface area (TPSA) is 56.1 Å². The van der Waals surface area contributed by atoms with Crippen molar-refractivity contribution in [1.29, 1.82) is 0 Å². The van der Waals surface area contributed by atoms with E-state index in [9.17, 15) is 4.79 Å². The van der Waals surface area contributed by atoms with E-state index in [2.05, 4.69) is 41.9 Å². The Kier molecular flexibility index (Phi) is 5.27. The third kappa shape index (κ3) is 3.66. The lowest BCUT2D eigenvalue weighted by molar-refractivity contribution is 0.0951. The summed E-state index contributed by atoms with van der Waals surface area (Å²) in [7, 11) is 1.63. The second-order valence-corrected chi connectivity index (χ2v) is 7.48. The first kappa shape index (κ1) is 19.7. The fourth-order valence-electron chi connectivity index (χ4n) is 3.83. The van der Waals surface area contributed by atoms with Crippen LogP contribution in [-0.4, -0.2) is 22.6 Å². The molecule has 0 aliphatic heterocycles. The number of hydrogen-bond acceptors (Lipinski definition) is 3. The zero-order chi connectivity index (χ0) is 21.3. The molecule has 1 aromatic heterocycles. The molecule has 0 fully saturated rings. The Morgan fingerprint density at radius 3 is 2.60 bits per heavy atom. The summed E-state index contributed by atoms with van der Waals surface area (Å²) in [6, 6.07) is 19.7. The van der Waals surface area contributed by atoms with Gasteiger partial charge in [-0.2, -0.15) is 0 Å². The lowest BCUT2D eigenvalue weighted by Gasteiger charge is -2.12. The molecule has 0 saturated heterocycles. The highest BCUT2D eigenvalue weighted by molar-refractivity contribution is 5.97. The summed E-state index contributed by atoms with van der Waals surface area (Å²) in [5.74, 6) is 1.51. The van der Waals surface area contributed by atoms with Gasteiger partial charge in [-0.1, -0.05) is 35.9 Å². The SMILES string of the molecule is COc1ccccc1CNC(=O)c1ccc2c(c1)nc(C)n2-c1ccc(C)cc1C. The molecule has 1 amide bonds. The zero-order valence-electron chi connectivity index (χ0n) is 17.7. The van der Waals surface area contributed by atoms with Crippen molar-refractivity contribution >= 4 is 16.9 Å². The van der Waals surface area contributed by atoms with Crippen molar-refractivity contribution < 1.29 is 9.53 Å². The number of hydrogen-bond donors (Lipinski definition) is 1. The van der Waals surface area contributed by atoms with Gasteiger partial charge in [0.1, 0.15) is 11.6 Å². The standard InChI is InChI=1S/C25H25N3O2/c1-16-9-11-22(17(2)13-16)28-18(3)27-21-14-19(10-12-23(21)28)25(29)26-15-20-7-5-6-8-24(20)30-4/h5-14H,15H2,1-4H3,(H,26,29). The highest BCUT2D eigenvalue weighted by atomic mass is 16.5. The van der Waals surface area contributed by atoms with E-state index >= 15 is 0 Å². The Balaban J connectivity index is 1.62. The minimum absolute atomic E-state index is 0.137. The summed E-state index contributed by atoms with van der Waals surface area (Å²) in [5, 5.41) is 2.97. The van der Waals surface area contributed by atoms with Crippen LogP contribution in [0.2, 0.25) is 0 Å². The summed E-state index contributed by atoms with van der Waals surface area (Å²) in [4.78, 5) is 17.4. The Labute approximate surface area is 176 Å². The number of fused-ring (bicyclic) bond motifs is 1. The predicted molar refractivity (Wildman–Crippen MR) is 119 cm³/mol. The molecule has 1 N–H and O–H groups in total. The van der Waals surface area contributed by atoms with E-state index in [1.165, 1.54) is 11.1 Å². The highest BCUT2D eigenvalue weighted by Gasteiger charge is 2.14. The molecule has 0 aliphatic carbocycles. The molecule has 30 heavy (non-hydrogen) atoms. The molecule has 4 rings (SSSR count). The van der Waals surface area contributed by atoms with Crippen molar-refractivity contribution in [2.45, 2.75) is 27.3 Å². The zero-order valence-corrected chi connectivity index (χ0v) is 17.7. The van der Waals surface area contributed by atoms with Gasteiger partial charge in [0.05, 0.1) is 23.8 Å². The predicted octanol–water partition coefficient (Wildman–Crippen LogP) is 4.89. The molecule has 0 spiro atoms. The number of ether oxygens (including phenoxy) is 1. The lowest BCUT2D eigenvalue weighted by atomic mass is 10.1. The van der Waals surface area contributed by atoms with Crippen molar-refractivity contribution in [3.05, 3.63) is 88.7 Å². The van der Waals surface area contributed by atoms with Crippen LogP contribution in [0.5, 0.6) is 5.75 Å². The van der Waals surface area contributed by atoms with Crippen molar-refractivity contribution in [2.24, 2.45) is 0 Å². The van der Waals surface area contributed by atoms with E-state index < -0.39 is 0 Å². The smallest absolute Gasteiger partial charge is 0.251 e. The van der Waals surface area contributed by atoms with E-state index in [0.29, 0.717) is 12.1 Å². The van der Waals surface area contributed by atoms with Crippen LogP contribution in [0.1, 0.15) is 32.9 Å². The van der Waals surface area contributed by atoms with E-state index in [1.54, 1.807) is 7.11 Å². The van der Waals surface area contributed by atoms with Crippen LogP contribution in [0.4, 0.5) is 0 Å². The van der Waals surface area contributed by atoms with E-state index in [-0.39, 0.29) is 5.91 Å². The number of carbonyl (C=O) groups is 1. The number of nitrogens with zero attached hydrogens (tertiary/aromatic N) is 2. The first-order valence-electron chi connectivity index (χ1n) is 9.95. The average Bonchev–Trinajstić information content (AvgIpc) is 3.07. The van der Waals surface area contributed by atoms with E-state index in [1.807, 2.05) is 49.4 Å². The molecule has 0 atom stereocenters. The van der Waals surface area contributed by atoms with Crippen LogP contribution in [-0.2, 0) is 6.54 Å². The molecular formula is C25H25N3O2. The monoisotopic (exact) mass is 399 g/mol. The Bertz CT molecular complexity index is 1240. The first-order valence-corrected chi connectivity index (χ1v) is 9.95. The molecule has 5 nitrogen and oxygen atoms in total. The molecule has 0 saturated carbocycles. The van der Waals surface area contributed by atoms with Gasteiger partial charge in [0.15, 0.2) is 0 Å². The molecule has 152 valence electrons. The Morgan fingerprint density at radius 2 is 1.83 bits per heavy atom. The van der Waals surface area contributed by atoms with Gasteiger partial charge >= 0.3 is 0 Å². The Hall–Kier alpha value is -3.60. The summed E-state index contributed by atoms with van der Waals surface area (Å²) in [6.45, 7) is 6.58. The number of aryl methyl sites for hydroxylation is 3. The number of para-hydroxylation sites is 1. The third-order valence-corrected chi connectivity index (χ3v) is 5.31. The maximum atomic E-state index is 12.7. The van der Waals surface area contributed by atoms with Crippen LogP contribution >= 0.6 is 0 Å². The van der Waals surface area contributed by atoms with E-state index in [0.717, 1.165) is 33.9 Å². The largest absolute Gasteiger partial charge is 0.496 e. The minimum Gasteiger partial charge on any atom is -0.496 e.